The lowest BCUT2D eigenvalue weighted by atomic mass is 10.2. The van der Waals surface area contributed by atoms with Crippen molar-refractivity contribution < 1.29 is 0 Å². The Kier molecular flexibility index (Phi) is 3.73. The number of nitriles is 1. The van der Waals surface area contributed by atoms with Gasteiger partial charge in [0.25, 0.3) is 5.56 Å². The summed E-state index contributed by atoms with van der Waals surface area (Å²) in [6.07, 6.45) is 0.459. The van der Waals surface area contributed by atoms with Crippen LogP contribution in [-0.4, -0.2) is 15.3 Å². The highest BCUT2D eigenvalue weighted by Gasteiger charge is 2.14. The van der Waals surface area contributed by atoms with Crippen molar-refractivity contribution in [1.29, 1.82) is 5.26 Å². The fourth-order valence-electron chi connectivity index (χ4n) is 1.67. The summed E-state index contributed by atoms with van der Waals surface area (Å²) in [4.78, 5) is 18.7. The summed E-state index contributed by atoms with van der Waals surface area (Å²) < 4.78 is 1.57. The van der Waals surface area contributed by atoms with Crippen molar-refractivity contribution in [1.82, 2.24) is 9.55 Å². The molecule has 2 rings (SSSR count). The van der Waals surface area contributed by atoms with Crippen molar-refractivity contribution >= 4 is 33.3 Å². The molecule has 0 saturated carbocycles. The molecular formula is C12H13N3OS2. The molecule has 0 N–H and O–H groups in total. The van der Waals surface area contributed by atoms with E-state index >= 15 is 0 Å². The highest BCUT2D eigenvalue weighted by molar-refractivity contribution is 7.99. The van der Waals surface area contributed by atoms with Crippen LogP contribution in [0.1, 0.15) is 16.9 Å². The summed E-state index contributed by atoms with van der Waals surface area (Å²) in [6, 6.07) is 2.09. The quantitative estimate of drug-likeness (QED) is 0.492. The van der Waals surface area contributed by atoms with Gasteiger partial charge in [0, 0.05) is 24.1 Å². The third-order valence-electron chi connectivity index (χ3n) is 2.81. The molecule has 2 aromatic heterocycles. The topological polar surface area (TPSA) is 58.7 Å². The Morgan fingerprint density at radius 1 is 1.50 bits per heavy atom. The normalized spacial score (nSPS) is 10.8. The zero-order chi connectivity index (χ0) is 13.3. The minimum Gasteiger partial charge on any atom is -0.290 e. The lowest BCUT2D eigenvalue weighted by Crippen LogP contribution is -2.19. The molecule has 0 aromatic carbocycles. The zero-order valence-corrected chi connectivity index (χ0v) is 12.1. The Morgan fingerprint density at radius 2 is 2.22 bits per heavy atom. The SMILES string of the molecule is Cc1sc2nc(SCCC#N)n(C)c(=O)c2c1C. The molecule has 0 spiro atoms. The van der Waals surface area contributed by atoms with E-state index in [2.05, 4.69) is 11.1 Å². The average Bonchev–Trinajstić information content (AvgIpc) is 2.62. The predicted molar refractivity (Wildman–Crippen MR) is 75.3 cm³/mol. The Morgan fingerprint density at radius 3 is 2.89 bits per heavy atom. The molecule has 0 aliphatic rings. The Balaban J connectivity index is 2.55. The predicted octanol–water partition coefficient (Wildman–Crippen LogP) is 2.62. The number of nitrogens with zero attached hydrogens (tertiary/aromatic N) is 3. The second kappa shape index (κ2) is 5.12. The molecule has 4 nitrogen and oxygen atoms in total. The number of fused-ring (bicyclic) bond motifs is 1. The van der Waals surface area contributed by atoms with E-state index in [1.165, 1.54) is 11.8 Å². The Labute approximate surface area is 113 Å². The fraction of sp³-hybridized carbons (Fsp3) is 0.417. The van der Waals surface area contributed by atoms with Gasteiger partial charge in [0.2, 0.25) is 0 Å². The van der Waals surface area contributed by atoms with E-state index in [9.17, 15) is 4.79 Å². The first-order valence-corrected chi connectivity index (χ1v) is 7.33. The molecule has 94 valence electrons. The first-order valence-electron chi connectivity index (χ1n) is 5.52. The fourth-order valence-corrected chi connectivity index (χ4v) is 3.56. The molecule has 0 aliphatic carbocycles. The third kappa shape index (κ3) is 2.16. The number of thioether (sulfide) groups is 1. The van der Waals surface area contributed by atoms with E-state index in [1.807, 2.05) is 13.8 Å². The molecule has 0 atom stereocenters. The molecule has 0 saturated heterocycles. The van der Waals surface area contributed by atoms with Gasteiger partial charge in [-0.25, -0.2) is 4.98 Å². The van der Waals surface area contributed by atoms with Crippen LogP contribution in [0.15, 0.2) is 9.95 Å². The van der Waals surface area contributed by atoms with Gasteiger partial charge in [-0.1, -0.05) is 11.8 Å². The molecule has 18 heavy (non-hydrogen) atoms. The van der Waals surface area contributed by atoms with Crippen LogP contribution < -0.4 is 5.56 Å². The van der Waals surface area contributed by atoms with Gasteiger partial charge in [0.15, 0.2) is 5.16 Å². The summed E-state index contributed by atoms with van der Waals surface area (Å²) in [5.74, 6) is 0.658. The molecule has 0 fully saturated rings. The van der Waals surface area contributed by atoms with Gasteiger partial charge >= 0.3 is 0 Å². The highest BCUT2D eigenvalue weighted by Crippen LogP contribution is 2.28. The molecule has 0 amide bonds. The van der Waals surface area contributed by atoms with Gasteiger partial charge in [-0.15, -0.1) is 11.3 Å². The highest BCUT2D eigenvalue weighted by atomic mass is 32.2. The standard InChI is InChI=1S/C12H13N3OS2/c1-7-8(2)18-10-9(7)11(16)15(3)12(14-10)17-6-4-5-13/h4,6H2,1-3H3. The Bertz CT molecular complexity index is 694. The summed E-state index contributed by atoms with van der Waals surface area (Å²) in [5, 5.41) is 9.94. The molecule has 0 bridgehead atoms. The van der Waals surface area contributed by atoms with Crippen LogP contribution in [-0.2, 0) is 7.05 Å². The first-order chi connectivity index (χ1) is 8.56. The lowest BCUT2D eigenvalue weighted by molar-refractivity contribution is 0.727. The monoisotopic (exact) mass is 279 g/mol. The molecule has 6 heteroatoms. The second-order valence-electron chi connectivity index (χ2n) is 3.98. The molecule has 2 heterocycles. The minimum atomic E-state index is 0.00121. The van der Waals surface area contributed by atoms with Gasteiger partial charge in [0.1, 0.15) is 4.83 Å². The lowest BCUT2D eigenvalue weighted by Gasteiger charge is -2.05. The summed E-state index contributed by atoms with van der Waals surface area (Å²) in [6.45, 7) is 3.96. The number of aryl methyl sites for hydroxylation is 2. The van der Waals surface area contributed by atoms with Crippen LogP contribution in [0.3, 0.4) is 0 Å². The summed E-state index contributed by atoms with van der Waals surface area (Å²) >= 11 is 3.00. The zero-order valence-electron chi connectivity index (χ0n) is 10.5. The van der Waals surface area contributed by atoms with Crippen molar-refractivity contribution in [3.63, 3.8) is 0 Å². The van der Waals surface area contributed by atoms with Crippen LogP contribution in [0.2, 0.25) is 0 Å². The molecule has 0 unspecified atom stereocenters. The summed E-state index contributed by atoms with van der Waals surface area (Å²) in [7, 11) is 1.73. The van der Waals surface area contributed by atoms with E-state index < -0.39 is 0 Å². The van der Waals surface area contributed by atoms with Crippen LogP contribution in [0.25, 0.3) is 10.2 Å². The van der Waals surface area contributed by atoms with Crippen molar-refractivity contribution in [2.45, 2.75) is 25.4 Å². The largest absolute Gasteiger partial charge is 0.290 e. The molecular weight excluding hydrogens is 266 g/mol. The minimum absolute atomic E-state index is 0.00121. The van der Waals surface area contributed by atoms with Crippen molar-refractivity contribution in [3.8, 4) is 6.07 Å². The first kappa shape index (κ1) is 13.1. The van der Waals surface area contributed by atoms with E-state index in [0.717, 1.165) is 20.7 Å². The van der Waals surface area contributed by atoms with Gasteiger partial charge < -0.3 is 0 Å². The van der Waals surface area contributed by atoms with Gasteiger partial charge in [0.05, 0.1) is 11.5 Å². The maximum absolute atomic E-state index is 12.3. The van der Waals surface area contributed by atoms with Crippen molar-refractivity contribution in [2.24, 2.45) is 7.05 Å². The van der Waals surface area contributed by atoms with Crippen LogP contribution >= 0.6 is 23.1 Å². The number of hydrogen-bond donors (Lipinski definition) is 0. The van der Waals surface area contributed by atoms with E-state index in [1.54, 1.807) is 23.0 Å². The van der Waals surface area contributed by atoms with E-state index in [4.69, 9.17) is 5.26 Å². The number of aromatic nitrogens is 2. The second-order valence-corrected chi connectivity index (χ2v) is 6.24. The Hall–Kier alpha value is -1.32. The van der Waals surface area contributed by atoms with Gasteiger partial charge in [-0.05, 0) is 19.4 Å². The summed E-state index contributed by atoms with van der Waals surface area (Å²) in [5.41, 5.74) is 1.03. The van der Waals surface area contributed by atoms with Crippen LogP contribution in [0.4, 0.5) is 0 Å². The van der Waals surface area contributed by atoms with Gasteiger partial charge in [-0.3, -0.25) is 9.36 Å². The van der Waals surface area contributed by atoms with Crippen molar-refractivity contribution in [2.75, 3.05) is 5.75 Å². The average molecular weight is 279 g/mol. The number of hydrogen-bond acceptors (Lipinski definition) is 5. The van der Waals surface area contributed by atoms with E-state index in [0.29, 0.717) is 17.3 Å². The van der Waals surface area contributed by atoms with Gasteiger partial charge in [-0.2, -0.15) is 5.26 Å². The third-order valence-corrected chi connectivity index (χ3v) is 4.95. The maximum Gasteiger partial charge on any atom is 0.262 e. The molecule has 0 radical (unpaired) electrons. The van der Waals surface area contributed by atoms with Crippen LogP contribution in [0, 0.1) is 25.2 Å². The van der Waals surface area contributed by atoms with Crippen molar-refractivity contribution in [3.05, 3.63) is 20.8 Å². The molecule has 2 aromatic rings. The smallest absolute Gasteiger partial charge is 0.262 e. The number of thiophene rings is 1. The maximum atomic E-state index is 12.3. The molecule has 0 aliphatic heterocycles. The van der Waals surface area contributed by atoms with E-state index in [-0.39, 0.29) is 5.56 Å². The number of rotatable bonds is 3. The van der Waals surface area contributed by atoms with Crippen LogP contribution in [0.5, 0.6) is 0 Å².